The van der Waals surface area contributed by atoms with Crippen LogP contribution in [0, 0.1) is 0 Å². The molecule has 0 spiro atoms. The van der Waals surface area contributed by atoms with Gasteiger partial charge in [0, 0.05) is 18.2 Å². The molecular formula is C13H15NO2S. The van der Waals surface area contributed by atoms with Crippen LogP contribution >= 0.6 is 11.8 Å². The Labute approximate surface area is 105 Å². The highest BCUT2D eigenvalue weighted by Gasteiger charge is 2.30. The second-order valence-electron chi connectivity index (χ2n) is 4.18. The Morgan fingerprint density at radius 1 is 1.29 bits per heavy atom. The average Bonchev–Trinajstić information content (AvgIpc) is 2.29. The van der Waals surface area contributed by atoms with Gasteiger partial charge in [-0.2, -0.15) is 0 Å². The molecular weight excluding hydrogens is 234 g/mol. The zero-order valence-electron chi connectivity index (χ0n) is 9.76. The Kier molecular flexibility index (Phi) is 3.84. The minimum Gasteiger partial charge on any atom is -0.274 e. The maximum Gasteiger partial charge on any atom is 0.288 e. The van der Waals surface area contributed by atoms with Crippen molar-refractivity contribution < 1.29 is 9.59 Å². The first-order valence-corrected chi connectivity index (χ1v) is 6.59. The standard InChI is InChI=1S/C13H15NO2S/c1-10-9-12(15)14(13(16)17-10)8-7-11-5-3-2-4-6-11/h2-6,10H,7-9H2,1H3. The van der Waals surface area contributed by atoms with Gasteiger partial charge in [-0.05, 0) is 12.0 Å². The lowest BCUT2D eigenvalue weighted by Gasteiger charge is -2.27. The molecule has 4 heteroatoms. The molecule has 1 unspecified atom stereocenters. The van der Waals surface area contributed by atoms with E-state index in [0.29, 0.717) is 13.0 Å². The van der Waals surface area contributed by atoms with E-state index in [9.17, 15) is 9.59 Å². The summed E-state index contributed by atoms with van der Waals surface area (Å²) >= 11 is 1.25. The van der Waals surface area contributed by atoms with Crippen molar-refractivity contribution in [2.75, 3.05) is 6.54 Å². The minimum absolute atomic E-state index is 0.0443. The van der Waals surface area contributed by atoms with Gasteiger partial charge in [0.05, 0.1) is 0 Å². The number of amides is 2. The molecule has 1 atom stereocenters. The number of imide groups is 1. The Morgan fingerprint density at radius 2 is 2.00 bits per heavy atom. The predicted octanol–water partition coefficient (Wildman–Crippen LogP) is 2.70. The van der Waals surface area contributed by atoms with E-state index in [0.717, 1.165) is 12.0 Å². The van der Waals surface area contributed by atoms with E-state index in [-0.39, 0.29) is 16.4 Å². The summed E-state index contributed by atoms with van der Waals surface area (Å²) in [5.74, 6) is -0.0443. The fourth-order valence-corrected chi connectivity index (χ4v) is 2.73. The van der Waals surface area contributed by atoms with Crippen molar-refractivity contribution in [3.05, 3.63) is 35.9 Å². The molecule has 1 aromatic carbocycles. The molecule has 2 amide bonds. The molecule has 0 N–H and O–H groups in total. The second kappa shape index (κ2) is 5.36. The van der Waals surface area contributed by atoms with Crippen LogP contribution in [0.3, 0.4) is 0 Å². The highest BCUT2D eigenvalue weighted by Crippen LogP contribution is 2.25. The van der Waals surface area contributed by atoms with Gasteiger partial charge in [-0.15, -0.1) is 0 Å². The first-order chi connectivity index (χ1) is 8.16. The largest absolute Gasteiger partial charge is 0.288 e. The summed E-state index contributed by atoms with van der Waals surface area (Å²) in [5.41, 5.74) is 1.15. The van der Waals surface area contributed by atoms with E-state index in [1.54, 1.807) is 0 Å². The SMILES string of the molecule is CC1CC(=O)N(CCc2ccccc2)C(=O)S1. The normalized spacial score (nSPS) is 20.8. The molecule has 3 nitrogen and oxygen atoms in total. The Hall–Kier alpha value is -1.29. The summed E-state index contributed by atoms with van der Waals surface area (Å²) in [6.07, 6.45) is 1.19. The lowest BCUT2D eigenvalue weighted by molar-refractivity contribution is -0.128. The van der Waals surface area contributed by atoms with Gasteiger partial charge in [0.2, 0.25) is 5.91 Å². The third-order valence-electron chi connectivity index (χ3n) is 2.75. The number of hydrogen-bond acceptors (Lipinski definition) is 3. The summed E-state index contributed by atoms with van der Waals surface area (Å²) in [5, 5.41) is 0.00709. The maximum atomic E-state index is 11.7. The van der Waals surface area contributed by atoms with Gasteiger partial charge < -0.3 is 0 Å². The van der Waals surface area contributed by atoms with E-state index in [2.05, 4.69) is 0 Å². The van der Waals surface area contributed by atoms with Crippen molar-refractivity contribution >= 4 is 22.9 Å². The summed E-state index contributed by atoms with van der Waals surface area (Å²) in [6.45, 7) is 2.40. The van der Waals surface area contributed by atoms with E-state index < -0.39 is 0 Å². The smallest absolute Gasteiger partial charge is 0.274 e. The van der Waals surface area contributed by atoms with Crippen LogP contribution in [0.15, 0.2) is 30.3 Å². The molecule has 0 bridgehead atoms. The first kappa shape index (κ1) is 12.2. The maximum absolute atomic E-state index is 11.7. The summed E-state index contributed by atoms with van der Waals surface area (Å²) in [4.78, 5) is 24.8. The summed E-state index contributed by atoms with van der Waals surface area (Å²) in [6, 6.07) is 9.90. The van der Waals surface area contributed by atoms with Crippen LogP contribution in [0.1, 0.15) is 18.9 Å². The van der Waals surface area contributed by atoms with Crippen LogP contribution in [0.25, 0.3) is 0 Å². The van der Waals surface area contributed by atoms with Gasteiger partial charge in [0.1, 0.15) is 0 Å². The van der Waals surface area contributed by atoms with E-state index in [1.807, 2.05) is 37.3 Å². The number of benzene rings is 1. The van der Waals surface area contributed by atoms with Gasteiger partial charge in [-0.25, -0.2) is 0 Å². The van der Waals surface area contributed by atoms with Crippen LogP contribution in [0.4, 0.5) is 4.79 Å². The van der Waals surface area contributed by atoms with Crippen LogP contribution in [-0.2, 0) is 11.2 Å². The van der Waals surface area contributed by atoms with E-state index in [4.69, 9.17) is 0 Å². The molecule has 0 saturated carbocycles. The number of rotatable bonds is 3. The number of hydrogen-bond donors (Lipinski definition) is 0. The summed E-state index contributed by atoms with van der Waals surface area (Å²) in [7, 11) is 0. The molecule has 0 aliphatic carbocycles. The van der Waals surface area contributed by atoms with E-state index >= 15 is 0 Å². The van der Waals surface area contributed by atoms with Crippen molar-refractivity contribution in [2.24, 2.45) is 0 Å². The second-order valence-corrected chi connectivity index (χ2v) is 5.57. The fraction of sp³-hybridized carbons (Fsp3) is 0.385. The van der Waals surface area contributed by atoms with E-state index in [1.165, 1.54) is 16.7 Å². The molecule has 1 heterocycles. The molecule has 0 aromatic heterocycles. The van der Waals surface area contributed by atoms with Crippen LogP contribution in [0.5, 0.6) is 0 Å². The number of nitrogens with zero attached hydrogens (tertiary/aromatic N) is 1. The Balaban J connectivity index is 1.95. The van der Waals surface area contributed by atoms with Crippen molar-refractivity contribution in [3.8, 4) is 0 Å². The van der Waals surface area contributed by atoms with Gasteiger partial charge in [0.25, 0.3) is 5.24 Å². The molecule has 17 heavy (non-hydrogen) atoms. The highest BCUT2D eigenvalue weighted by molar-refractivity contribution is 8.14. The molecule has 1 aromatic rings. The predicted molar refractivity (Wildman–Crippen MR) is 68.9 cm³/mol. The molecule has 2 rings (SSSR count). The molecule has 1 aliphatic rings. The molecule has 1 saturated heterocycles. The molecule has 1 fully saturated rings. The highest BCUT2D eigenvalue weighted by atomic mass is 32.2. The molecule has 0 radical (unpaired) electrons. The fourth-order valence-electron chi connectivity index (χ4n) is 1.84. The zero-order chi connectivity index (χ0) is 12.3. The number of thioether (sulfide) groups is 1. The van der Waals surface area contributed by atoms with Gasteiger partial charge in [0.15, 0.2) is 0 Å². The number of carbonyl (C=O) groups excluding carboxylic acids is 2. The zero-order valence-corrected chi connectivity index (χ0v) is 10.6. The first-order valence-electron chi connectivity index (χ1n) is 5.71. The lowest BCUT2D eigenvalue weighted by atomic mass is 10.1. The van der Waals surface area contributed by atoms with Crippen LogP contribution in [0.2, 0.25) is 0 Å². The topological polar surface area (TPSA) is 37.4 Å². The lowest BCUT2D eigenvalue weighted by Crippen LogP contribution is -2.41. The molecule has 1 aliphatic heterocycles. The number of carbonyl (C=O) groups is 2. The Bertz CT molecular complexity index is 401. The van der Waals surface area contributed by atoms with Crippen molar-refractivity contribution in [1.29, 1.82) is 0 Å². The third kappa shape index (κ3) is 3.09. The van der Waals surface area contributed by atoms with Crippen molar-refractivity contribution in [3.63, 3.8) is 0 Å². The van der Waals surface area contributed by atoms with Crippen LogP contribution in [-0.4, -0.2) is 27.8 Å². The minimum atomic E-state index is -0.107. The van der Waals surface area contributed by atoms with Gasteiger partial charge in [-0.3, -0.25) is 14.5 Å². The Morgan fingerprint density at radius 3 is 2.65 bits per heavy atom. The quantitative estimate of drug-likeness (QED) is 0.826. The third-order valence-corrected chi connectivity index (χ3v) is 3.74. The van der Waals surface area contributed by atoms with Gasteiger partial charge in [-0.1, -0.05) is 49.0 Å². The van der Waals surface area contributed by atoms with Gasteiger partial charge >= 0.3 is 0 Å². The van der Waals surface area contributed by atoms with Crippen molar-refractivity contribution in [2.45, 2.75) is 25.0 Å². The summed E-state index contributed by atoms with van der Waals surface area (Å²) < 4.78 is 0. The average molecular weight is 249 g/mol. The molecule has 90 valence electrons. The van der Waals surface area contributed by atoms with Crippen molar-refractivity contribution in [1.82, 2.24) is 4.90 Å². The van der Waals surface area contributed by atoms with Crippen LogP contribution < -0.4 is 0 Å². The monoisotopic (exact) mass is 249 g/mol.